The van der Waals surface area contributed by atoms with E-state index in [1.807, 2.05) is 44.0 Å². The zero-order chi connectivity index (χ0) is 32.9. The van der Waals surface area contributed by atoms with Crippen LogP contribution in [0.25, 0.3) is 11.5 Å². The molecule has 0 unspecified atom stereocenters. The maximum atomic E-state index is 13.7. The predicted molar refractivity (Wildman–Crippen MR) is 169 cm³/mol. The van der Waals surface area contributed by atoms with E-state index in [0.717, 1.165) is 5.56 Å². The van der Waals surface area contributed by atoms with Gasteiger partial charge in [-0.05, 0) is 70.4 Å². The smallest absolute Gasteiger partial charge is 0.434 e. The number of hydrogen-bond donors (Lipinski definition) is 2. The number of nitrogens with zero attached hydrogens (tertiary/aromatic N) is 5. The van der Waals surface area contributed by atoms with E-state index in [-0.39, 0.29) is 49.9 Å². The Balaban J connectivity index is 1.50. The van der Waals surface area contributed by atoms with Gasteiger partial charge in [-0.2, -0.15) is 0 Å². The van der Waals surface area contributed by atoms with Crippen molar-refractivity contribution in [2.24, 2.45) is 0 Å². The Kier molecular flexibility index (Phi) is 10.3. The summed E-state index contributed by atoms with van der Waals surface area (Å²) in [5.41, 5.74) is 3.62. The predicted octanol–water partition coefficient (Wildman–Crippen LogP) is 3.30. The van der Waals surface area contributed by atoms with E-state index < -0.39 is 17.5 Å². The molecule has 242 valence electrons. The van der Waals surface area contributed by atoms with Crippen LogP contribution < -0.4 is 16.0 Å². The molecule has 0 bridgehead atoms. The third-order valence-corrected chi connectivity index (χ3v) is 7.43. The SMILES string of the molecule is Cc1ccc(-c2n[nH]c(=O)o2)cc1N(CC(=O)NCCN(C(=O)OC(C)(C)C)C(C)C)CC(=O)N(C)N1Cc2ccccc2C1. The van der Waals surface area contributed by atoms with E-state index in [9.17, 15) is 19.2 Å². The summed E-state index contributed by atoms with van der Waals surface area (Å²) in [6.07, 6.45) is -0.455. The minimum atomic E-state index is -0.686. The van der Waals surface area contributed by atoms with E-state index in [1.54, 1.807) is 54.8 Å². The summed E-state index contributed by atoms with van der Waals surface area (Å²) in [6, 6.07) is 13.2. The average Bonchev–Trinajstić information content (AvgIpc) is 3.60. The standard InChI is InChI=1S/C32H43N7O6/c1-21(2)39(31(43)45-32(4,5)6)15-14-33-27(40)19-37(26-16-23(13-12-22(26)3)29-34-35-30(42)44-29)20-28(41)36(7)38-17-24-10-8-9-11-25(24)18-38/h8-13,16,21H,14-15,17-20H2,1-7H3,(H,33,40)(H,35,42). The molecule has 0 aliphatic carbocycles. The second-order valence-electron chi connectivity index (χ2n) is 12.4. The summed E-state index contributed by atoms with van der Waals surface area (Å²) in [5, 5.41) is 12.6. The van der Waals surface area contributed by atoms with Gasteiger partial charge in [0.15, 0.2) is 0 Å². The van der Waals surface area contributed by atoms with Gasteiger partial charge in [0.05, 0.1) is 13.1 Å². The number of aromatic amines is 1. The highest BCUT2D eigenvalue weighted by Crippen LogP contribution is 2.28. The number of aromatic nitrogens is 2. The van der Waals surface area contributed by atoms with Crippen LogP contribution in [0.2, 0.25) is 0 Å². The summed E-state index contributed by atoms with van der Waals surface area (Å²) in [7, 11) is 1.73. The first-order valence-corrected chi connectivity index (χ1v) is 15.0. The van der Waals surface area contributed by atoms with Crippen molar-refractivity contribution >= 4 is 23.6 Å². The molecule has 2 aromatic carbocycles. The molecule has 3 aromatic rings. The number of carbonyl (C=O) groups is 3. The van der Waals surface area contributed by atoms with Crippen molar-refractivity contribution in [3.05, 3.63) is 69.7 Å². The number of fused-ring (bicyclic) bond motifs is 1. The lowest BCUT2D eigenvalue weighted by molar-refractivity contribution is -0.145. The van der Waals surface area contributed by atoms with Crippen molar-refractivity contribution in [1.82, 2.24) is 30.4 Å². The van der Waals surface area contributed by atoms with Gasteiger partial charge in [-0.15, -0.1) is 5.10 Å². The Morgan fingerprint density at radius 3 is 2.33 bits per heavy atom. The van der Waals surface area contributed by atoms with E-state index in [0.29, 0.717) is 24.3 Å². The number of rotatable bonds is 11. The second kappa shape index (κ2) is 14.0. The van der Waals surface area contributed by atoms with Crippen LogP contribution in [0.4, 0.5) is 10.5 Å². The van der Waals surface area contributed by atoms with Crippen molar-refractivity contribution in [3.8, 4) is 11.5 Å². The second-order valence-corrected chi connectivity index (χ2v) is 12.4. The Morgan fingerprint density at radius 2 is 1.76 bits per heavy atom. The fourth-order valence-electron chi connectivity index (χ4n) is 5.04. The van der Waals surface area contributed by atoms with Crippen LogP contribution in [0.5, 0.6) is 0 Å². The minimum Gasteiger partial charge on any atom is -0.444 e. The number of nitrogens with one attached hydrogen (secondary N) is 2. The largest absolute Gasteiger partial charge is 0.444 e. The topological polar surface area (TPSA) is 144 Å². The normalized spacial score (nSPS) is 13.0. The number of hydrazine groups is 1. The van der Waals surface area contributed by atoms with E-state index in [2.05, 4.69) is 27.6 Å². The number of likely N-dealkylation sites (N-methyl/N-ethyl adjacent to an activating group) is 1. The molecule has 4 rings (SSSR count). The molecule has 0 radical (unpaired) electrons. The lowest BCUT2D eigenvalue weighted by Gasteiger charge is -2.32. The van der Waals surface area contributed by atoms with Gasteiger partial charge in [-0.1, -0.05) is 30.3 Å². The number of anilines is 1. The van der Waals surface area contributed by atoms with Crippen LogP contribution in [0.3, 0.4) is 0 Å². The van der Waals surface area contributed by atoms with Gasteiger partial charge in [0, 0.05) is 50.5 Å². The van der Waals surface area contributed by atoms with Crippen molar-refractivity contribution in [1.29, 1.82) is 0 Å². The van der Waals surface area contributed by atoms with E-state index in [1.165, 1.54) is 11.1 Å². The van der Waals surface area contributed by atoms with Gasteiger partial charge in [0.1, 0.15) is 5.60 Å². The molecule has 2 N–H and O–H groups in total. The number of benzene rings is 2. The maximum absolute atomic E-state index is 13.7. The van der Waals surface area contributed by atoms with Crippen LogP contribution in [0.15, 0.2) is 51.7 Å². The van der Waals surface area contributed by atoms with Crippen LogP contribution in [-0.2, 0) is 27.4 Å². The van der Waals surface area contributed by atoms with E-state index >= 15 is 0 Å². The Hall–Kier alpha value is -4.65. The molecule has 2 heterocycles. The first-order chi connectivity index (χ1) is 21.2. The summed E-state index contributed by atoms with van der Waals surface area (Å²) < 4.78 is 10.7. The third kappa shape index (κ3) is 8.72. The lowest BCUT2D eigenvalue weighted by atomic mass is 10.1. The van der Waals surface area contributed by atoms with Crippen LogP contribution >= 0.6 is 0 Å². The summed E-state index contributed by atoms with van der Waals surface area (Å²) in [4.78, 5) is 54.5. The van der Waals surface area contributed by atoms with Crippen molar-refractivity contribution < 1.29 is 23.5 Å². The lowest BCUT2D eigenvalue weighted by Crippen LogP contribution is -2.49. The summed E-state index contributed by atoms with van der Waals surface area (Å²) in [6.45, 7) is 12.5. The zero-order valence-electron chi connectivity index (χ0n) is 27.0. The Labute approximate surface area is 263 Å². The number of carbonyl (C=O) groups excluding carboxylic acids is 3. The minimum absolute atomic E-state index is 0.0956. The molecule has 1 aliphatic heterocycles. The number of aryl methyl sites for hydroxylation is 1. The maximum Gasteiger partial charge on any atom is 0.434 e. The number of amides is 3. The van der Waals surface area contributed by atoms with Crippen LogP contribution in [0, 0.1) is 6.92 Å². The van der Waals surface area contributed by atoms with Crippen molar-refractivity contribution in [2.75, 3.05) is 38.1 Å². The van der Waals surface area contributed by atoms with Crippen molar-refractivity contribution in [3.63, 3.8) is 0 Å². The van der Waals surface area contributed by atoms with Gasteiger partial charge >= 0.3 is 11.8 Å². The first-order valence-electron chi connectivity index (χ1n) is 15.0. The molecule has 0 atom stereocenters. The molecule has 3 amide bonds. The highest BCUT2D eigenvalue weighted by atomic mass is 16.6. The van der Waals surface area contributed by atoms with E-state index in [4.69, 9.17) is 9.15 Å². The zero-order valence-corrected chi connectivity index (χ0v) is 27.0. The summed E-state index contributed by atoms with van der Waals surface area (Å²) >= 11 is 0. The van der Waals surface area contributed by atoms with Gasteiger partial charge in [-0.3, -0.25) is 14.6 Å². The summed E-state index contributed by atoms with van der Waals surface area (Å²) in [5.74, 6) is -1.13. The molecule has 0 fully saturated rings. The molecule has 0 saturated carbocycles. The highest BCUT2D eigenvalue weighted by molar-refractivity contribution is 5.87. The molecule has 1 aliphatic rings. The number of ether oxygens (including phenoxy) is 1. The van der Waals surface area contributed by atoms with Crippen molar-refractivity contribution in [2.45, 2.75) is 66.3 Å². The molecular formula is C32H43N7O6. The van der Waals surface area contributed by atoms with Gasteiger partial charge in [0.25, 0.3) is 5.91 Å². The first kappa shape index (κ1) is 33.2. The van der Waals surface area contributed by atoms with Gasteiger partial charge in [0.2, 0.25) is 11.8 Å². The Morgan fingerprint density at radius 1 is 1.09 bits per heavy atom. The molecule has 45 heavy (non-hydrogen) atoms. The molecule has 13 heteroatoms. The van der Waals surface area contributed by atoms with Crippen LogP contribution in [0.1, 0.15) is 51.3 Å². The molecule has 0 spiro atoms. The number of hydrogen-bond acceptors (Lipinski definition) is 9. The third-order valence-electron chi connectivity index (χ3n) is 7.43. The monoisotopic (exact) mass is 621 g/mol. The van der Waals surface area contributed by atoms with Gasteiger partial charge < -0.3 is 24.3 Å². The quantitative estimate of drug-likeness (QED) is 0.330. The number of H-pyrrole nitrogens is 1. The molecular weight excluding hydrogens is 578 g/mol. The molecule has 13 nitrogen and oxygen atoms in total. The fourth-order valence-corrected chi connectivity index (χ4v) is 5.04. The fraction of sp³-hybridized carbons (Fsp3) is 0.469. The molecule has 1 aromatic heterocycles. The molecule has 0 saturated heterocycles. The average molecular weight is 622 g/mol. The van der Waals surface area contributed by atoms with Gasteiger partial charge in [-0.25, -0.2) is 19.7 Å². The highest BCUT2D eigenvalue weighted by Gasteiger charge is 2.28. The Bertz CT molecular complexity index is 1550. The van der Waals surface area contributed by atoms with Crippen LogP contribution in [-0.4, -0.2) is 87.9 Å².